The summed E-state index contributed by atoms with van der Waals surface area (Å²) in [6.45, 7) is 1.63. The molecular formula is C62H114O10. The topological polar surface area (TPSA) is 132 Å². The van der Waals surface area contributed by atoms with Crippen molar-refractivity contribution < 1.29 is 53.1 Å². The Bertz CT molecular complexity index is 1370. The Hall–Kier alpha value is -2.65. The highest BCUT2D eigenvalue weighted by Gasteiger charge is 2.54. The van der Waals surface area contributed by atoms with E-state index >= 15 is 0 Å². The van der Waals surface area contributed by atoms with E-state index in [0.29, 0.717) is 53.3 Å². The molecule has 1 heterocycles. The second-order valence-corrected chi connectivity index (χ2v) is 21.0. The maximum Gasteiger partial charge on any atom is 0.352 e. The van der Waals surface area contributed by atoms with Crippen molar-refractivity contribution in [1.29, 1.82) is 0 Å². The lowest BCUT2D eigenvalue weighted by atomic mass is 10.0. The highest BCUT2D eigenvalue weighted by atomic mass is 16.7. The van der Waals surface area contributed by atoms with Crippen molar-refractivity contribution in [3.63, 3.8) is 0 Å². The van der Waals surface area contributed by atoms with Gasteiger partial charge in [-0.25, -0.2) is 4.79 Å². The summed E-state index contributed by atoms with van der Waals surface area (Å²) in [6, 6.07) is 0. The third-order valence-corrected chi connectivity index (χ3v) is 14.2. The molecule has 1 aliphatic heterocycles. The molecule has 1 fully saturated rings. The quantitative estimate of drug-likeness (QED) is 0.0330. The first-order valence-corrected chi connectivity index (χ1v) is 30.4. The number of carbonyl (C=O) groups is 5. The van der Waals surface area contributed by atoms with Gasteiger partial charge in [0.2, 0.25) is 6.10 Å². The van der Waals surface area contributed by atoms with E-state index in [9.17, 15) is 24.0 Å². The van der Waals surface area contributed by atoms with Crippen LogP contribution in [0.4, 0.5) is 0 Å². The van der Waals surface area contributed by atoms with Gasteiger partial charge in [-0.2, -0.15) is 0 Å². The van der Waals surface area contributed by atoms with Crippen LogP contribution in [0.5, 0.6) is 0 Å². The zero-order chi connectivity index (χ0) is 55.2. The van der Waals surface area contributed by atoms with Crippen LogP contribution in [0, 0.1) is 0 Å². The molecule has 0 radical (unpaired) electrons. The highest BCUT2D eigenvalue weighted by molar-refractivity contribution is 5.83. The molecule has 0 N–H and O–H groups in total. The maximum atomic E-state index is 13.7. The third kappa shape index (κ3) is 39.8. The first-order valence-electron chi connectivity index (χ1n) is 33.2. The van der Waals surface area contributed by atoms with E-state index in [1.165, 1.54) is 103 Å². The van der Waals surface area contributed by atoms with Crippen LogP contribution in [0.25, 0.3) is 0 Å². The van der Waals surface area contributed by atoms with Gasteiger partial charge in [-0.15, -0.1) is 0 Å². The van der Waals surface area contributed by atoms with Crippen LogP contribution >= 0.6 is 0 Å². The Kier molecular flexibility index (Phi) is 42.2. The van der Waals surface area contributed by atoms with Gasteiger partial charge in [0.25, 0.3) is 0 Å². The minimum atomic E-state index is -1.55. The van der Waals surface area contributed by atoms with Crippen LogP contribution in [0.15, 0.2) is 0 Å². The number of carbonyl (C=O) groups excluding carboxylic acids is 5. The minimum absolute atomic E-state index is 0.0916. The van der Waals surface area contributed by atoms with Crippen molar-refractivity contribution in [3.8, 4) is 0 Å². The van der Waals surface area contributed by atoms with Gasteiger partial charge in [-0.3, -0.25) is 19.2 Å². The standard InChI is InChI=1S/C62H114O10/c1-5-9-13-17-21-25-29-33-37-41-45-49-55(63)68-53-54(69-56(64)50-46-42-38-34-30-26-22-18-14-10-6-2)59-60(70-57(65)51-47-43-39-35-31-27-23-19-15-11-7-3)61(62(67)72-59)71-58(66)52-48-44-40-36-32-28-24-20-16-12-8-4/h54,59-61H,5-53H2,1-4H3/t54-,59-,60+,61-/m1/s1/i1D,2D,3D,4D. The van der Waals surface area contributed by atoms with E-state index < -0.39 is 60.9 Å². The molecule has 0 aromatic heterocycles. The van der Waals surface area contributed by atoms with Crippen LogP contribution < -0.4 is 0 Å². The second kappa shape index (κ2) is 50.5. The summed E-state index contributed by atoms with van der Waals surface area (Å²) < 4.78 is 58.5. The Morgan fingerprint density at radius 3 is 1.00 bits per heavy atom. The summed E-state index contributed by atoms with van der Waals surface area (Å²) in [5, 5.41) is 0. The fourth-order valence-corrected chi connectivity index (χ4v) is 9.63. The predicted molar refractivity (Wildman–Crippen MR) is 295 cm³/mol. The zero-order valence-corrected chi connectivity index (χ0v) is 46.4. The summed E-state index contributed by atoms with van der Waals surface area (Å²) in [4.78, 5) is 67.2. The van der Waals surface area contributed by atoms with Gasteiger partial charge >= 0.3 is 29.8 Å². The monoisotopic (exact) mass is 1020 g/mol. The Labute approximate surface area is 448 Å². The van der Waals surface area contributed by atoms with Gasteiger partial charge < -0.3 is 23.7 Å². The Morgan fingerprint density at radius 1 is 0.389 bits per heavy atom. The number of cyclic esters (lactones) is 1. The molecule has 4 atom stereocenters. The van der Waals surface area contributed by atoms with Crippen LogP contribution in [0.2, 0.25) is 0 Å². The summed E-state index contributed by atoms with van der Waals surface area (Å²) in [5.41, 5.74) is 0. The molecule has 10 heteroatoms. The van der Waals surface area contributed by atoms with Crippen molar-refractivity contribution in [2.24, 2.45) is 0 Å². The molecule has 422 valence electrons. The summed E-state index contributed by atoms with van der Waals surface area (Å²) in [5.74, 6) is -3.05. The van der Waals surface area contributed by atoms with Gasteiger partial charge in [0.1, 0.15) is 6.61 Å². The van der Waals surface area contributed by atoms with Crippen LogP contribution in [-0.2, 0) is 47.7 Å². The molecule has 0 unspecified atom stereocenters. The van der Waals surface area contributed by atoms with E-state index in [-0.39, 0.29) is 25.7 Å². The lowest BCUT2D eigenvalue weighted by Crippen LogP contribution is -2.47. The molecular weight excluding hydrogens is 905 g/mol. The van der Waals surface area contributed by atoms with Crippen molar-refractivity contribution in [1.82, 2.24) is 0 Å². The van der Waals surface area contributed by atoms with Crippen molar-refractivity contribution in [2.45, 2.75) is 360 Å². The molecule has 0 aliphatic carbocycles. The zero-order valence-electron chi connectivity index (χ0n) is 50.4. The first-order chi connectivity index (χ1) is 37.3. The lowest BCUT2D eigenvalue weighted by Gasteiger charge is -2.27. The van der Waals surface area contributed by atoms with Crippen molar-refractivity contribution >= 4 is 29.8 Å². The summed E-state index contributed by atoms with van der Waals surface area (Å²) in [7, 11) is 0. The van der Waals surface area contributed by atoms with E-state index in [2.05, 4.69) is 0 Å². The molecule has 72 heavy (non-hydrogen) atoms. The van der Waals surface area contributed by atoms with E-state index in [1.54, 1.807) is 0 Å². The summed E-state index contributed by atoms with van der Waals surface area (Å²) in [6.07, 6.45) is 41.4. The number of hydrogen-bond donors (Lipinski definition) is 0. The van der Waals surface area contributed by atoms with Crippen LogP contribution in [-0.4, -0.2) is 60.9 Å². The van der Waals surface area contributed by atoms with Crippen molar-refractivity contribution in [3.05, 3.63) is 0 Å². The largest absolute Gasteiger partial charge is 0.462 e. The number of esters is 5. The molecule has 1 rings (SSSR count). The average molecular weight is 1020 g/mol. The van der Waals surface area contributed by atoms with Gasteiger partial charge in [-0.05, 0) is 25.7 Å². The fraction of sp³-hybridized carbons (Fsp3) is 0.919. The fourth-order valence-electron chi connectivity index (χ4n) is 9.63. The molecule has 10 nitrogen and oxygen atoms in total. The van der Waals surface area contributed by atoms with Gasteiger partial charge in [0, 0.05) is 31.2 Å². The minimum Gasteiger partial charge on any atom is -0.462 e. The molecule has 0 bridgehead atoms. The smallest absolute Gasteiger partial charge is 0.352 e. The molecule has 0 amide bonds. The normalized spacial score (nSPS) is 16.6. The molecule has 1 aliphatic rings. The summed E-state index contributed by atoms with van der Waals surface area (Å²) >= 11 is 0. The molecule has 0 saturated carbocycles. The number of hydrogen-bond acceptors (Lipinski definition) is 10. The number of unbranched alkanes of at least 4 members (excludes halogenated alkanes) is 40. The van der Waals surface area contributed by atoms with Gasteiger partial charge in [-0.1, -0.05) is 284 Å². The SMILES string of the molecule is [2H]CCCCCCCCCCCCCC(=O)OC[C@@H](OC(=O)CCCCCCCCCCCCC[2H])[C@H]1OC(=O)[C@H](OC(=O)CCCCCCCCCCCCC[2H])[C@H]1OC(=O)CCCCCCCCCCCCC[2H]. The Balaban J connectivity index is 2.95. The van der Waals surface area contributed by atoms with E-state index in [1.807, 2.05) is 0 Å². The van der Waals surface area contributed by atoms with E-state index in [4.69, 9.17) is 29.2 Å². The Morgan fingerprint density at radius 2 is 0.667 bits per heavy atom. The lowest BCUT2D eigenvalue weighted by molar-refractivity contribution is -0.180. The molecule has 1 saturated heterocycles. The van der Waals surface area contributed by atoms with Crippen LogP contribution in [0.3, 0.4) is 0 Å². The second-order valence-electron chi connectivity index (χ2n) is 21.0. The molecule has 0 spiro atoms. The number of ether oxygens (including phenoxy) is 5. The van der Waals surface area contributed by atoms with Gasteiger partial charge in [0.15, 0.2) is 18.3 Å². The van der Waals surface area contributed by atoms with Crippen molar-refractivity contribution in [2.75, 3.05) is 6.61 Å². The highest BCUT2D eigenvalue weighted by Crippen LogP contribution is 2.29. The average Bonchev–Trinajstić information content (AvgIpc) is 3.70. The van der Waals surface area contributed by atoms with E-state index in [0.717, 1.165) is 154 Å². The van der Waals surface area contributed by atoms with Gasteiger partial charge in [0.05, 0.1) is 0 Å². The molecule has 0 aromatic rings. The third-order valence-electron chi connectivity index (χ3n) is 14.2. The number of rotatable bonds is 54. The van der Waals surface area contributed by atoms with Crippen LogP contribution in [0.1, 0.15) is 341 Å². The first kappa shape index (κ1) is 60.2. The predicted octanol–water partition coefficient (Wildman–Crippen LogP) is 18.0. The maximum absolute atomic E-state index is 13.7. The molecule has 0 aromatic carbocycles.